The van der Waals surface area contributed by atoms with Crippen molar-refractivity contribution in [3.05, 3.63) is 47.8 Å². The number of aromatic nitrogens is 2. The molecule has 1 aliphatic rings. The highest BCUT2D eigenvalue weighted by Crippen LogP contribution is 2.32. The molecule has 0 saturated carbocycles. The quantitative estimate of drug-likeness (QED) is 0.786. The van der Waals surface area contributed by atoms with Gasteiger partial charge in [0.05, 0.1) is 18.4 Å². The average molecular weight is 339 g/mol. The molecular weight excluding hydrogens is 320 g/mol. The molecule has 0 bridgehead atoms. The molecule has 0 radical (unpaired) electrons. The molecule has 0 aliphatic carbocycles. The zero-order valence-electron chi connectivity index (χ0n) is 13.0. The monoisotopic (exact) mass is 339 g/mol. The first kappa shape index (κ1) is 16.4. The van der Waals surface area contributed by atoms with Gasteiger partial charge in [0.2, 0.25) is 0 Å². The van der Waals surface area contributed by atoms with Crippen LogP contribution in [0.25, 0.3) is 0 Å². The number of halogens is 2. The first-order valence-electron chi connectivity index (χ1n) is 7.48. The summed E-state index contributed by atoms with van der Waals surface area (Å²) in [6, 6.07) is 8.33. The van der Waals surface area contributed by atoms with Crippen molar-refractivity contribution in [2.75, 3.05) is 13.1 Å². The van der Waals surface area contributed by atoms with Crippen LogP contribution >= 0.6 is 11.9 Å². The molecule has 1 aliphatic heterocycles. The zero-order valence-corrected chi connectivity index (χ0v) is 13.8. The summed E-state index contributed by atoms with van der Waals surface area (Å²) >= 11 is 1.67. The third kappa shape index (κ3) is 4.10. The third-order valence-electron chi connectivity index (χ3n) is 3.68. The van der Waals surface area contributed by atoms with Gasteiger partial charge in [-0.1, -0.05) is 17.7 Å². The lowest BCUT2D eigenvalue weighted by Gasteiger charge is -2.35. The van der Waals surface area contributed by atoms with E-state index < -0.39 is 6.55 Å². The maximum Gasteiger partial charge on any atom is 0.333 e. The van der Waals surface area contributed by atoms with Crippen molar-refractivity contribution in [1.82, 2.24) is 14.1 Å². The molecule has 2 heterocycles. The Morgan fingerprint density at radius 3 is 2.65 bits per heavy atom. The number of alkyl halides is 2. The first-order valence-corrected chi connectivity index (χ1v) is 8.26. The Morgan fingerprint density at radius 2 is 2.00 bits per heavy atom. The maximum absolute atomic E-state index is 12.7. The van der Waals surface area contributed by atoms with E-state index in [1.807, 2.05) is 6.92 Å². The highest BCUT2D eigenvalue weighted by atomic mass is 32.2. The standard InChI is InChI=1S/C16H19F2N3OS/c1-11-3-5-14(6-4-11)23-20-8-12(2)22-15(10-20)13-7-19-21(9-13)16(17)18/h3-7,9,12,15-16H,8,10H2,1-2H3/t12-,15-/m1/s1. The van der Waals surface area contributed by atoms with E-state index in [0.29, 0.717) is 16.8 Å². The predicted molar refractivity (Wildman–Crippen MR) is 85.4 cm³/mol. The number of morpholine rings is 1. The Hall–Kier alpha value is -1.44. The first-order chi connectivity index (χ1) is 11.0. The molecule has 1 aromatic heterocycles. The average Bonchev–Trinajstić information content (AvgIpc) is 2.99. The van der Waals surface area contributed by atoms with Crippen LogP contribution in [-0.4, -0.2) is 33.3 Å². The summed E-state index contributed by atoms with van der Waals surface area (Å²) in [5.41, 5.74) is 1.91. The van der Waals surface area contributed by atoms with Gasteiger partial charge in [0.25, 0.3) is 0 Å². The minimum Gasteiger partial charge on any atom is -0.368 e. The van der Waals surface area contributed by atoms with Crippen molar-refractivity contribution in [1.29, 1.82) is 0 Å². The number of ether oxygens (including phenoxy) is 1. The van der Waals surface area contributed by atoms with Crippen molar-refractivity contribution < 1.29 is 13.5 Å². The summed E-state index contributed by atoms with van der Waals surface area (Å²) in [6.45, 7) is 2.85. The lowest BCUT2D eigenvalue weighted by atomic mass is 10.1. The molecule has 7 heteroatoms. The Bertz CT molecular complexity index is 647. The van der Waals surface area contributed by atoms with Crippen molar-refractivity contribution in [3.63, 3.8) is 0 Å². The SMILES string of the molecule is Cc1ccc(SN2C[C@@H](C)O[C@@H](c3cnn(C(F)F)c3)C2)cc1. The lowest BCUT2D eigenvalue weighted by molar-refractivity contribution is -0.0533. The van der Waals surface area contributed by atoms with E-state index in [-0.39, 0.29) is 12.2 Å². The molecule has 0 N–H and O–H groups in total. The molecule has 0 spiro atoms. The molecule has 0 unspecified atom stereocenters. The second-order valence-corrected chi connectivity index (χ2v) is 6.89. The van der Waals surface area contributed by atoms with Crippen LogP contribution in [0, 0.1) is 6.92 Å². The number of aryl methyl sites for hydroxylation is 1. The minimum absolute atomic E-state index is 0.0293. The fraction of sp³-hybridized carbons (Fsp3) is 0.438. The van der Waals surface area contributed by atoms with Crippen LogP contribution in [0.2, 0.25) is 0 Å². The number of nitrogens with zero attached hydrogens (tertiary/aromatic N) is 3. The van der Waals surface area contributed by atoms with Crippen LogP contribution in [0.4, 0.5) is 8.78 Å². The van der Waals surface area contributed by atoms with Crippen LogP contribution in [0.5, 0.6) is 0 Å². The van der Waals surface area contributed by atoms with Gasteiger partial charge in [-0.05, 0) is 37.9 Å². The van der Waals surface area contributed by atoms with E-state index in [2.05, 4.69) is 40.6 Å². The smallest absolute Gasteiger partial charge is 0.333 e. The van der Waals surface area contributed by atoms with Crippen molar-refractivity contribution in [3.8, 4) is 0 Å². The van der Waals surface area contributed by atoms with Gasteiger partial charge < -0.3 is 4.74 Å². The normalized spacial score (nSPS) is 22.7. The van der Waals surface area contributed by atoms with Crippen LogP contribution in [-0.2, 0) is 4.74 Å². The fourth-order valence-electron chi connectivity index (χ4n) is 2.55. The molecule has 1 fully saturated rings. The van der Waals surface area contributed by atoms with Gasteiger partial charge >= 0.3 is 6.55 Å². The van der Waals surface area contributed by atoms with Crippen LogP contribution in [0.3, 0.4) is 0 Å². The number of benzene rings is 1. The highest BCUT2D eigenvalue weighted by Gasteiger charge is 2.28. The topological polar surface area (TPSA) is 30.3 Å². The van der Waals surface area contributed by atoms with Gasteiger partial charge in [-0.15, -0.1) is 0 Å². The second-order valence-electron chi connectivity index (χ2n) is 5.72. The zero-order chi connectivity index (χ0) is 16.4. The minimum atomic E-state index is -2.62. The van der Waals surface area contributed by atoms with Gasteiger partial charge in [0, 0.05) is 29.7 Å². The van der Waals surface area contributed by atoms with Gasteiger partial charge in [0.1, 0.15) is 0 Å². The highest BCUT2D eigenvalue weighted by molar-refractivity contribution is 7.97. The maximum atomic E-state index is 12.7. The Kier molecular flexibility index (Phi) is 4.99. The Morgan fingerprint density at radius 1 is 1.26 bits per heavy atom. The molecule has 0 amide bonds. The van der Waals surface area contributed by atoms with E-state index >= 15 is 0 Å². The summed E-state index contributed by atoms with van der Waals surface area (Å²) in [6.07, 6.45) is 2.61. The molecule has 1 saturated heterocycles. The third-order valence-corrected chi connectivity index (χ3v) is 4.71. The van der Waals surface area contributed by atoms with Crippen LogP contribution in [0.1, 0.15) is 30.7 Å². The summed E-state index contributed by atoms with van der Waals surface area (Å²) in [5, 5.41) is 3.70. The summed E-state index contributed by atoms with van der Waals surface area (Å²) < 4.78 is 34.1. The molecule has 3 rings (SSSR count). The van der Waals surface area contributed by atoms with Gasteiger partial charge in [-0.2, -0.15) is 13.9 Å². The predicted octanol–water partition coefficient (Wildman–Crippen LogP) is 4.06. The molecule has 2 atom stereocenters. The molecular formula is C16H19F2N3OS. The van der Waals surface area contributed by atoms with Crippen LogP contribution in [0.15, 0.2) is 41.6 Å². The summed E-state index contributed by atoms with van der Waals surface area (Å²) in [5.74, 6) is 0. The number of hydrogen-bond donors (Lipinski definition) is 0. The number of rotatable bonds is 4. The molecule has 124 valence electrons. The Balaban J connectivity index is 1.69. The van der Waals surface area contributed by atoms with E-state index in [0.717, 1.165) is 11.4 Å². The van der Waals surface area contributed by atoms with Crippen molar-refractivity contribution in [2.24, 2.45) is 0 Å². The fourth-order valence-corrected chi connectivity index (χ4v) is 3.60. The summed E-state index contributed by atoms with van der Waals surface area (Å²) in [7, 11) is 0. The van der Waals surface area contributed by atoms with E-state index in [1.165, 1.54) is 18.0 Å². The van der Waals surface area contributed by atoms with Gasteiger partial charge in [-0.25, -0.2) is 8.99 Å². The van der Waals surface area contributed by atoms with Crippen molar-refractivity contribution in [2.45, 2.75) is 37.5 Å². The van der Waals surface area contributed by atoms with Gasteiger partial charge in [0.15, 0.2) is 0 Å². The summed E-state index contributed by atoms with van der Waals surface area (Å²) in [4.78, 5) is 1.16. The van der Waals surface area contributed by atoms with E-state index in [4.69, 9.17) is 4.74 Å². The molecule has 23 heavy (non-hydrogen) atoms. The second kappa shape index (κ2) is 6.98. The number of hydrogen-bond acceptors (Lipinski definition) is 4. The van der Waals surface area contributed by atoms with Crippen molar-refractivity contribution >= 4 is 11.9 Å². The Labute approximate surface area is 138 Å². The van der Waals surface area contributed by atoms with E-state index in [9.17, 15) is 8.78 Å². The largest absolute Gasteiger partial charge is 0.368 e. The lowest BCUT2D eigenvalue weighted by Crippen LogP contribution is -2.38. The molecule has 2 aromatic rings. The molecule has 1 aromatic carbocycles. The van der Waals surface area contributed by atoms with Gasteiger partial charge in [-0.3, -0.25) is 0 Å². The molecule has 4 nitrogen and oxygen atoms in total. The van der Waals surface area contributed by atoms with E-state index in [1.54, 1.807) is 11.9 Å². The van der Waals surface area contributed by atoms with Crippen LogP contribution < -0.4 is 0 Å².